The number of carbonyl (C=O) groups excluding carboxylic acids is 1. The fourth-order valence-electron chi connectivity index (χ4n) is 1.27. The van der Waals surface area contributed by atoms with E-state index < -0.39 is 11.7 Å². The third kappa shape index (κ3) is 3.32. The van der Waals surface area contributed by atoms with E-state index in [-0.39, 0.29) is 12.0 Å². The van der Waals surface area contributed by atoms with Crippen molar-refractivity contribution in [3.63, 3.8) is 0 Å². The second kappa shape index (κ2) is 3.64. The molecule has 76 valence electrons. The zero-order chi connectivity index (χ0) is 10.1. The first-order valence-electron chi connectivity index (χ1n) is 4.53. The molecule has 2 atom stereocenters. The van der Waals surface area contributed by atoms with Crippen LogP contribution in [-0.4, -0.2) is 35.4 Å². The molecule has 1 unspecified atom stereocenters. The number of hydrogen-bond donors (Lipinski definition) is 2. The monoisotopic (exact) mass is 187 g/mol. The normalized spacial score (nSPS) is 28.9. The molecular formula is C9H17NO3. The highest BCUT2D eigenvalue weighted by molar-refractivity contribution is 5.76. The lowest BCUT2D eigenvalue weighted by atomic mass is 10.1. The van der Waals surface area contributed by atoms with Crippen LogP contribution in [0.4, 0.5) is 0 Å². The number of nitrogens with one attached hydrogen (secondary N) is 1. The lowest BCUT2D eigenvalue weighted by Crippen LogP contribution is -2.37. The van der Waals surface area contributed by atoms with Gasteiger partial charge < -0.3 is 15.2 Å². The fraction of sp³-hybridized carbons (Fsp3) is 0.889. The lowest BCUT2D eigenvalue weighted by molar-refractivity contribution is -0.157. The number of hydrogen-bond acceptors (Lipinski definition) is 4. The van der Waals surface area contributed by atoms with Gasteiger partial charge in [-0.15, -0.1) is 0 Å². The summed E-state index contributed by atoms with van der Waals surface area (Å²) in [6.45, 7) is 5.97. The van der Waals surface area contributed by atoms with E-state index in [0.29, 0.717) is 13.0 Å². The molecule has 0 bridgehead atoms. The van der Waals surface area contributed by atoms with Crippen LogP contribution in [0.1, 0.15) is 27.2 Å². The van der Waals surface area contributed by atoms with E-state index in [0.717, 1.165) is 0 Å². The van der Waals surface area contributed by atoms with Gasteiger partial charge in [-0.25, -0.2) is 0 Å². The maximum absolute atomic E-state index is 11.4. The number of esters is 1. The van der Waals surface area contributed by atoms with Crippen molar-refractivity contribution in [2.45, 2.75) is 44.9 Å². The maximum Gasteiger partial charge on any atom is 0.323 e. The van der Waals surface area contributed by atoms with E-state index in [2.05, 4.69) is 5.32 Å². The third-order valence-electron chi connectivity index (χ3n) is 1.80. The molecule has 0 aliphatic carbocycles. The molecule has 2 N–H and O–H groups in total. The maximum atomic E-state index is 11.4. The Balaban J connectivity index is 2.41. The van der Waals surface area contributed by atoms with Crippen LogP contribution < -0.4 is 5.32 Å². The smallest absolute Gasteiger partial charge is 0.323 e. The molecule has 1 rings (SSSR count). The van der Waals surface area contributed by atoms with Crippen LogP contribution in [0.5, 0.6) is 0 Å². The molecule has 0 aromatic heterocycles. The summed E-state index contributed by atoms with van der Waals surface area (Å²) in [6.07, 6.45) is 0.0343. The topological polar surface area (TPSA) is 58.6 Å². The Morgan fingerprint density at radius 1 is 1.54 bits per heavy atom. The van der Waals surface area contributed by atoms with E-state index in [1.807, 2.05) is 20.8 Å². The van der Waals surface area contributed by atoms with Crippen molar-refractivity contribution in [3.8, 4) is 0 Å². The lowest BCUT2D eigenvalue weighted by Gasteiger charge is -2.21. The summed E-state index contributed by atoms with van der Waals surface area (Å²) < 4.78 is 5.16. The Labute approximate surface area is 78.3 Å². The highest BCUT2D eigenvalue weighted by Crippen LogP contribution is 2.13. The van der Waals surface area contributed by atoms with Gasteiger partial charge in [0.2, 0.25) is 0 Å². The van der Waals surface area contributed by atoms with E-state index in [1.54, 1.807) is 0 Å². The van der Waals surface area contributed by atoms with Crippen LogP contribution in [0.2, 0.25) is 0 Å². The van der Waals surface area contributed by atoms with Crippen molar-refractivity contribution >= 4 is 5.97 Å². The van der Waals surface area contributed by atoms with Gasteiger partial charge in [0, 0.05) is 13.0 Å². The minimum absolute atomic E-state index is 0.274. The molecular weight excluding hydrogens is 170 g/mol. The zero-order valence-corrected chi connectivity index (χ0v) is 8.33. The number of aliphatic hydroxyl groups is 1. The van der Waals surface area contributed by atoms with Gasteiger partial charge >= 0.3 is 5.97 Å². The van der Waals surface area contributed by atoms with E-state index >= 15 is 0 Å². The van der Waals surface area contributed by atoms with Gasteiger partial charge in [-0.3, -0.25) is 4.79 Å². The molecule has 1 aliphatic rings. The number of carbonyl (C=O) groups is 1. The quantitative estimate of drug-likeness (QED) is 0.569. The second-order valence-electron chi connectivity index (χ2n) is 4.38. The molecule has 0 aromatic carbocycles. The molecule has 4 heteroatoms. The number of aliphatic hydroxyl groups excluding tert-OH is 1. The van der Waals surface area contributed by atoms with Gasteiger partial charge in [-0.05, 0) is 20.8 Å². The first-order chi connectivity index (χ1) is 5.88. The van der Waals surface area contributed by atoms with E-state index in [1.165, 1.54) is 0 Å². The summed E-state index contributed by atoms with van der Waals surface area (Å²) in [5.74, 6) is -0.274. The molecule has 13 heavy (non-hydrogen) atoms. The molecule has 4 nitrogen and oxygen atoms in total. The molecule has 0 aromatic rings. The van der Waals surface area contributed by atoms with Crippen molar-refractivity contribution in [2.24, 2.45) is 0 Å². The Hall–Kier alpha value is -0.610. The standard InChI is InChI=1S/C9H17NO3/c1-9(2,3)13-8(12)7-4-6(11)5-10-7/h6-7,10-11H,4-5H2,1-3H3/t6-,7?/m1/s1. The van der Waals surface area contributed by atoms with Gasteiger partial charge in [-0.1, -0.05) is 0 Å². The summed E-state index contributed by atoms with van der Waals surface area (Å²) in [7, 11) is 0. The third-order valence-corrected chi connectivity index (χ3v) is 1.80. The van der Waals surface area contributed by atoms with Gasteiger partial charge in [-0.2, -0.15) is 0 Å². The van der Waals surface area contributed by atoms with E-state index in [4.69, 9.17) is 4.74 Å². The minimum atomic E-state index is -0.452. The summed E-state index contributed by atoms with van der Waals surface area (Å²) in [5.41, 5.74) is -0.452. The summed E-state index contributed by atoms with van der Waals surface area (Å²) in [4.78, 5) is 11.4. The molecule has 0 spiro atoms. The van der Waals surface area contributed by atoms with Crippen molar-refractivity contribution in [1.29, 1.82) is 0 Å². The highest BCUT2D eigenvalue weighted by Gasteiger charge is 2.31. The predicted octanol–water partition coefficient (Wildman–Crippen LogP) is 0.0509. The van der Waals surface area contributed by atoms with Gasteiger partial charge in [0.15, 0.2) is 0 Å². The van der Waals surface area contributed by atoms with Crippen molar-refractivity contribution in [2.75, 3.05) is 6.54 Å². The minimum Gasteiger partial charge on any atom is -0.459 e. The largest absolute Gasteiger partial charge is 0.459 e. The molecule has 1 aliphatic heterocycles. The zero-order valence-electron chi connectivity index (χ0n) is 8.33. The number of ether oxygens (including phenoxy) is 1. The number of β-amino-alcohol motifs (C(OH)–C–C–N with tert-alkyl or cyclic N) is 1. The van der Waals surface area contributed by atoms with Crippen LogP contribution in [0.25, 0.3) is 0 Å². The SMILES string of the molecule is CC(C)(C)OC(=O)C1C[C@@H](O)CN1. The summed E-state index contributed by atoms with van der Waals surface area (Å²) in [5, 5.41) is 12.1. The molecule has 0 radical (unpaired) electrons. The van der Waals surface area contributed by atoms with Crippen LogP contribution in [0, 0.1) is 0 Å². The summed E-state index contributed by atoms with van der Waals surface area (Å²) in [6, 6.07) is -0.339. The molecule has 0 amide bonds. The van der Waals surface area contributed by atoms with Crippen LogP contribution >= 0.6 is 0 Å². The Kier molecular flexibility index (Phi) is 2.93. The molecule has 1 saturated heterocycles. The summed E-state index contributed by atoms with van der Waals surface area (Å²) >= 11 is 0. The van der Waals surface area contributed by atoms with Gasteiger partial charge in [0.1, 0.15) is 11.6 Å². The van der Waals surface area contributed by atoms with Crippen molar-refractivity contribution in [1.82, 2.24) is 5.32 Å². The van der Waals surface area contributed by atoms with Crippen LogP contribution in [-0.2, 0) is 9.53 Å². The van der Waals surface area contributed by atoms with Crippen LogP contribution in [0.15, 0.2) is 0 Å². The predicted molar refractivity (Wildman–Crippen MR) is 48.3 cm³/mol. The highest BCUT2D eigenvalue weighted by atomic mass is 16.6. The van der Waals surface area contributed by atoms with Gasteiger partial charge in [0.05, 0.1) is 6.10 Å². The van der Waals surface area contributed by atoms with E-state index in [9.17, 15) is 9.90 Å². The Bertz CT molecular complexity index is 198. The second-order valence-corrected chi connectivity index (χ2v) is 4.38. The van der Waals surface area contributed by atoms with Gasteiger partial charge in [0.25, 0.3) is 0 Å². The average Bonchev–Trinajstić information content (AvgIpc) is 2.31. The molecule has 0 saturated carbocycles. The molecule has 1 fully saturated rings. The van der Waals surface area contributed by atoms with Crippen molar-refractivity contribution in [3.05, 3.63) is 0 Å². The first-order valence-corrected chi connectivity index (χ1v) is 4.53. The average molecular weight is 187 g/mol. The fourth-order valence-corrected chi connectivity index (χ4v) is 1.27. The first kappa shape index (κ1) is 10.5. The number of rotatable bonds is 1. The molecule has 1 heterocycles. The van der Waals surface area contributed by atoms with Crippen LogP contribution in [0.3, 0.4) is 0 Å². The Morgan fingerprint density at radius 2 is 2.15 bits per heavy atom. The Morgan fingerprint density at radius 3 is 2.54 bits per heavy atom. The van der Waals surface area contributed by atoms with Crippen molar-refractivity contribution < 1.29 is 14.6 Å².